The highest BCUT2D eigenvalue weighted by atomic mass is 32.1. The highest BCUT2D eigenvalue weighted by Crippen LogP contribution is 2.50. The summed E-state index contributed by atoms with van der Waals surface area (Å²) in [6, 6.07) is 8.24. The summed E-state index contributed by atoms with van der Waals surface area (Å²) in [6.07, 6.45) is -5.47. The fraction of sp³-hybridized carbons (Fsp3) is 0.522. The molecule has 1 aromatic carbocycles. The zero-order valence-corrected chi connectivity index (χ0v) is 22.0. The summed E-state index contributed by atoms with van der Waals surface area (Å²) in [5, 5.41) is 10.5. The third kappa shape index (κ3) is 6.89. The van der Waals surface area contributed by atoms with Crippen LogP contribution in [0.5, 0.6) is 5.75 Å². The van der Waals surface area contributed by atoms with Crippen LogP contribution in [0, 0.1) is 17.6 Å². The van der Waals surface area contributed by atoms with Gasteiger partial charge < -0.3 is 19.1 Å². The number of ether oxygens (including phenoxy) is 2. The molecule has 0 saturated carbocycles. The van der Waals surface area contributed by atoms with Crippen molar-refractivity contribution in [2.45, 2.75) is 58.4 Å². The highest BCUT2D eigenvalue weighted by Gasteiger charge is 2.46. The molecule has 2 aromatic rings. The molecular formula is C23H30FN2O8PS. The number of carbonyl (C=O) groups excluding carboxylic acids is 1. The molecule has 1 aliphatic rings. The van der Waals surface area contributed by atoms with Crippen LogP contribution in [0.4, 0.5) is 4.39 Å². The number of aromatic nitrogens is 2. The number of alkyl halides is 1. The zero-order valence-electron chi connectivity index (χ0n) is 20.3. The maximum atomic E-state index is 15.0. The highest BCUT2D eigenvalue weighted by molar-refractivity contribution is 7.71. The van der Waals surface area contributed by atoms with Gasteiger partial charge >= 0.3 is 13.6 Å². The van der Waals surface area contributed by atoms with Crippen molar-refractivity contribution in [1.82, 2.24) is 9.55 Å². The van der Waals surface area contributed by atoms with Gasteiger partial charge in [0.05, 0.1) is 24.8 Å². The van der Waals surface area contributed by atoms with E-state index in [1.807, 2.05) is 0 Å². The van der Waals surface area contributed by atoms with Gasteiger partial charge in [0, 0.05) is 11.8 Å². The fourth-order valence-corrected chi connectivity index (χ4v) is 5.66. The quantitative estimate of drug-likeness (QED) is 0.261. The Hall–Kier alpha value is -2.37. The molecule has 2 N–H and O–H groups in total. The molecule has 13 heteroatoms. The first-order valence-corrected chi connectivity index (χ1v) is 13.5. The van der Waals surface area contributed by atoms with Crippen molar-refractivity contribution in [2.75, 3.05) is 12.8 Å². The Kier molecular flexibility index (Phi) is 9.23. The second-order valence-corrected chi connectivity index (χ2v) is 11.3. The van der Waals surface area contributed by atoms with Crippen molar-refractivity contribution in [1.29, 1.82) is 0 Å². The monoisotopic (exact) mass is 544 g/mol. The Labute approximate surface area is 212 Å². The van der Waals surface area contributed by atoms with Gasteiger partial charge in [-0.05, 0) is 45.1 Å². The minimum absolute atomic E-state index is 0.0809. The summed E-state index contributed by atoms with van der Waals surface area (Å²) in [4.78, 5) is 26.5. The number of nitrogens with one attached hydrogen (secondary N) is 1. The SMILES string of the molecule is Cc1cn([C@H]2OC(CO[P@@](=O)(C[C@@H](C)C(=O)OC(C)C)Oc3ccccc3)[C@@H](O)[C@H]2F)c(=S)[nH]c1=O. The normalized spacial score (nSPS) is 24.3. The topological polar surface area (TPSA) is 129 Å². The molecule has 0 spiro atoms. The summed E-state index contributed by atoms with van der Waals surface area (Å²) in [7, 11) is -4.00. The Morgan fingerprint density at radius 1 is 1.31 bits per heavy atom. The standard InChI is InChI=1S/C23H30FN2O8PS/c1-13(2)32-22(29)15(4)12-35(30,34-16-8-6-5-7-9-16)31-11-17-19(27)18(24)21(33-17)26-10-14(3)20(28)25-23(26)36/h5-10,13,15,17-19,21,27H,11-12H2,1-4H3,(H,25,28,36)/t15-,17?,18-,19-,21+,35+/m1/s1. The average molecular weight is 545 g/mol. The van der Waals surface area contributed by atoms with Crippen molar-refractivity contribution >= 4 is 25.8 Å². The zero-order chi connectivity index (χ0) is 26.6. The van der Waals surface area contributed by atoms with Crippen LogP contribution in [0.2, 0.25) is 0 Å². The smallest absolute Gasteiger partial charge is 0.380 e. The van der Waals surface area contributed by atoms with Crippen molar-refractivity contribution in [2.24, 2.45) is 5.92 Å². The molecule has 0 bridgehead atoms. The van der Waals surface area contributed by atoms with Gasteiger partial charge in [0.2, 0.25) is 0 Å². The first kappa shape index (κ1) is 28.2. The predicted octanol–water partition coefficient (Wildman–Crippen LogP) is 3.69. The first-order chi connectivity index (χ1) is 16.9. The molecule has 0 aliphatic carbocycles. The molecule has 1 saturated heterocycles. The van der Waals surface area contributed by atoms with Crippen LogP contribution in [0.25, 0.3) is 0 Å². The number of hydrogen-bond donors (Lipinski definition) is 2. The van der Waals surface area contributed by atoms with E-state index in [1.54, 1.807) is 44.2 Å². The molecule has 6 atom stereocenters. The third-order valence-electron chi connectivity index (χ3n) is 5.39. The molecule has 1 aromatic heterocycles. The van der Waals surface area contributed by atoms with Crippen molar-refractivity contribution in [3.05, 3.63) is 57.2 Å². The first-order valence-electron chi connectivity index (χ1n) is 11.4. The van der Waals surface area contributed by atoms with Crippen LogP contribution in [-0.2, 0) is 23.4 Å². The van der Waals surface area contributed by atoms with Gasteiger partial charge in [0.25, 0.3) is 5.56 Å². The Balaban J connectivity index is 1.77. The number of esters is 1. The number of para-hydroxylation sites is 1. The van der Waals surface area contributed by atoms with E-state index >= 15 is 0 Å². The van der Waals surface area contributed by atoms with Crippen molar-refractivity contribution in [3.8, 4) is 5.75 Å². The molecular weight excluding hydrogens is 514 g/mol. The maximum Gasteiger partial charge on any atom is 0.380 e. The van der Waals surface area contributed by atoms with Gasteiger partial charge in [-0.25, -0.2) is 8.96 Å². The molecule has 3 rings (SSSR count). The third-order valence-corrected chi connectivity index (χ3v) is 7.73. The van der Waals surface area contributed by atoms with E-state index in [-0.39, 0.29) is 28.3 Å². The molecule has 198 valence electrons. The summed E-state index contributed by atoms with van der Waals surface area (Å²) >= 11 is 5.10. The van der Waals surface area contributed by atoms with Gasteiger partial charge in [-0.1, -0.05) is 25.1 Å². The summed E-state index contributed by atoms with van der Waals surface area (Å²) in [5.41, 5.74) is -0.147. The van der Waals surface area contributed by atoms with Crippen LogP contribution >= 0.6 is 19.8 Å². The Morgan fingerprint density at radius 3 is 2.61 bits per heavy atom. The van der Waals surface area contributed by atoms with Crippen molar-refractivity contribution in [3.63, 3.8) is 0 Å². The number of hydrogen-bond acceptors (Lipinski definition) is 9. The molecule has 0 radical (unpaired) electrons. The van der Waals surface area contributed by atoms with Crippen LogP contribution in [0.1, 0.15) is 32.6 Å². The van der Waals surface area contributed by atoms with E-state index < -0.39 is 56.3 Å². The fourth-order valence-electron chi connectivity index (χ4n) is 3.54. The average Bonchev–Trinajstić information content (AvgIpc) is 3.08. The number of H-pyrrole nitrogens is 1. The minimum Gasteiger partial charge on any atom is -0.463 e. The van der Waals surface area contributed by atoms with Gasteiger partial charge in [-0.3, -0.25) is 23.7 Å². The lowest BCUT2D eigenvalue weighted by Crippen LogP contribution is -2.32. The number of aryl methyl sites for hydroxylation is 1. The van der Waals surface area contributed by atoms with Gasteiger partial charge in [0.15, 0.2) is 17.2 Å². The number of carbonyl (C=O) groups is 1. The van der Waals surface area contributed by atoms with E-state index in [2.05, 4.69) is 4.98 Å². The van der Waals surface area contributed by atoms with Crippen LogP contribution in [-0.4, -0.2) is 57.9 Å². The van der Waals surface area contributed by atoms with Gasteiger partial charge in [0.1, 0.15) is 18.0 Å². The van der Waals surface area contributed by atoms with E-state index in [1.165, 1.54) is 24.6 Å². The minimum atomic E-state index is -4.00. The largest absolute Gasteiger partial charge is 0.463 e. The van der Waals surface area contributed by atoms with E-state index in [0.29, 0.717) is 0 Å². The number of aliphatic hydroxyl groups excluding tert-OH is 1. The number of aliphatic hydroxyl groups is 1. The number of rotatable bonds is 10. The van der Waals surface area contributed by atoms with Crippen LogP contribution in [0.3, 0.4) is 0 Å². The molecule has 36 heavy (non-hydrogen) atoms. The Bertz CT molecular complexity index is 1220. The summed E-state index contributed by atoms with van der Waals surface area (Å²) < 4.78 is 51.9. The number of halogens is 1. The van der Waals surface area contributed by atoms with Crippen LogP contribution < -0.4 is 10.1 Å². The summed E-state index contributed by atoms with van der Waals surface area (Å²) in [6.45, 7) is 5.94. The molecule has 0 amide bonds. The number of aromatic amines is 1. The number of nitrogens with zero attached hydrogens (tertiary/aromatic N) is 1. The van der Waals surface area contributed by atoms with E-state index in [0.717, 1.165) is 0 Å². The lowest BCUT2D eigenvalue weighted by atomic mass is 10.1. The van der Waals surface area contributed by atoms with E-state index in [4.69, 9.17) is 30.7 Å². The van der Waals surface area contributed by atoms with Gasteiger partial charge in [-0.2, -0.15) is 0 Å². The molecule has 10 nitrogen and oxygen atoms in total. The maximum absolute atomic E-state index is 15.0. The molecule has 1 fully saturated rings. The second-order valence-electron chi connectivity index (χ2n) is 8.86. The van der Waals surface area contributed by atoms with Gasteiger partial charge in [-0.15, -0.1) is 0 Å². The lowest BCUT2D eigenvalue weighted by molar-refractivity contribution is -0.151. The molecule has 1 unspecified atom stereocenters. The predicted molar refractivity (Wildman–Crippen MR) is 131 cm³/mol. The van der Waals surface area contributed by atoms with Crippen LogP contribution in [0.15, 0.2) is 41.3 Å². The van der Waals surface area contributed by atoms with Crippen molar-refractivity contribution < 1.29 is 37.4 Å². The van der Waals surface area contributed by atoms with E-state index in [9.17, 15) is 23.7 Å². The number of benzene rings is 1. The summed E-state index contributed by atoms with van der Waals surface area (Å²) in [5.74, 6) is -1.16. The molecule has 2 heterocycles. The lowest BCUT2D eigenvalue weighted by Gasteiger charge is -2.24. The Morgan fingerprint density at radius 2 is 1.97 bits per heavy atom. The second kappa shape index (κ2) is 11.8. The molecule has 1 aliphatic heterocycles.